The van der Waals surface area contributed by atoms with Crippen molar-refractivity contribution in [1.29, 1.82) is 0 Å². The van der Waals surface area contributed by atoms with Gasteiger partial charge in [-0.3, -0.25) is 0 Å². The molecule has 1 nitrogen and oxygen atoms in total. The second kappa shape index (κ2) is 4.76. The van der Waals surface area contributed by atoms with Crippen LogP contribution in [0.5, 0.6) is 0 Å². The van der Waals surface area contributed by atoms with E-state index in [9.17, 15) is 0 Å². The van der Waals surface area contributed by atoms with Crippen LogP contribution in [0.4, 0.5) is 0 Å². The molecule has 0 aromatic rings. The molecule has 2 aliphatic carbocycles. The first-order chi connectivity index (χ1) is 8.63. The molecule has 0 bridgehead atoms. The first-order valence-corrected chi connectivity index (χ1v) is 8.39. The van der Waals surface area contributed by atoms with Crippen molar-refractivity contribution in [3.8, 4) is 0 Å². The van der Waals surface area contributed by atoms with E-state index in [-0.39, 0.29) is 0 Å². The Morgan fingerprint density at radius 1 is 0.947 bits per heavy atom. The molecule has 0 aliphatic heterocycles. The van der Waals surface area contributed by atoms with Crippen LogP contribution in [-0.4, -0.2) is 12.1 Å². The summed E-state index contributed by atoms with van der Waals surface area (Å²) in [6.45, 7) is 16.9. The van der Waals surface area contributed by atoms with Crippen LogP contribution in [0, 0.1) is 22.2 Å². The predicted octanol–water partition coefficient (Wildman–Crippen LogP) is 5.01. The van der Waals surface area contributed by atoms with Crippen molar-refractivity contribution < 1.29 is 0 Å². The first-order valence-electron chi connectivity index (χ1n) is 8.39. The lowest BCUT2D eigenvalue weighted by Gasteiger charge is -2.39. The van der Waals surface area contributed by atoms with E-state index in [0.29, 0.717) is 16.2 Å². The highest BCUT2D eigenvalue weighted by Crippen LogP contribution is 2.63. The topological polar surface area (TPSA) is 12.0 Å². The Bertz CT molecular complexity index is 305. The lowest BCUT2D eigenvalue weighted by atomic mass is 9.69. The molecular weight excluding hydrogens is 230 g/mol. The van der Waals surface area contributed by atoms with Gasteiger partial charge in [0.05, 0.1) is 0 Å². The van der Waals surface area contributed by atoms with Gasteiger partial charge in [0.2, 0.25) is 0 Å². The third kappa shape index (κ3) is 2.60. The molecule has 0 unspecified atom stereocenters. The summed E-state index contributed by atoms with van der Waals surface area (Å²) in [7, 11) is 0. The summed E-state index contributed by atoms with van der Waals surface area (Å²) in [5.41, 5.74) is 1.50. The van der Waals surface area contributed by atoms with E-state index in [0.717, 1.165) is 18.0 Å². The molecular formula is C18H35N. The van der Waals surface area contributed by atoms with E-state index in [1.807, 2.05) is 0 Å². The monoisotopic (exact) mass is 265 g/mol. The molecule has 0 spiro atoms. The Balaban J connectivity index is 1.82. The zero-order valence-electron chi connectivity index (χ0n) is 14.3. The number of hydrogen-bond acceptors (Lipinski definition) is 1. The van der Waals surface area contributed by atoms with Gasteiger partial charge in [0.25, 0.3) is 0 Å². The third-order valence-electron chi connectivity index (χ3n) is 7.17. The maximum atomic E-state index is 3.96. The lowest BCUT2D eigenvalue weighted by Crippen LogP contribution is -2.39. The molecule has 0 atom stereocenters. The maximum absolute atomic E-state index is 3.96. The second-order valence-electron chi connectivity index (χ2n) is 8.93. The Kier molecular flexibility index (Phi) is 3.84. The zero-order chi connectivity index (χ0) is 14.5. The van der Waals surface area contributed by atoms with Crippen LogP contribution in [0.3, 0.4) is 0 Å². The molecule has 19 heavy (non-hydrogen) atoms. The van der Waals surface area contributed by atoms with E-state index in [1.165, 1.54) is 32.1 Å². The number of hydrogen-bond donors (Lipinski definition) is 1. The minimum absolute atomic E-state index is 0.479. The summed E-state index contributed by atoms with van der Waals surface area (Å²) < 4.78 is 0. The number of rotatable bonds is 4. The fraction of sp³-hybridized carbons (Fsp3) is 1.00. The van der Waals surface area contributed by atoms with Crippen molar-refractivity contribution >= 4 is 0 Å². The van der Waals surface area contributed by atoms with Gasteiger partial charge in [-0.25, -0.2) is 0 Å². The van der Waals surface area contributed by atoms with E-state index in [1.54, 1.807) is 0 Å². The summed E-state index contributed by atoms with van der Waals surface area (Å²) in [6.07, 6.45) is 6.93. The van der Waals surface area contributed by atoms with Crippen LogP contribution in [-0.2, 0) is 0 Å². The summed E-state index contributed by atoms with van der Waals surface area (Å²) in [6, 6.07) is 1.50. The molecule has 0 radical (unpaired) electrons. The van der Waals surface area contributed by atoms with Gasteiger partial charge < -0.3 is 5.32 Å². The van der Waals surface area contributed by atoms with Crippen LogP contribution in [0.1, 0.15) is 80.6 Å². The SMILES string of the molecule is CCC(C)(C)C1CCC(NC2C(C)(C)C2(C)C)CC1. The fourth-order valence-corrected chi connectivity index (χ4v) is 4.18. The molecule has 0 amide bonds. The van der Waals surface area contributed by atoms with Gasteiger partial charge in [0.15, 0.2) is 0 Å². The van der Waals surface area contributed by atoms with Gasteiger partial charge in [-0.1, -0.05) is 54.9 Å². The average Bonchev–Trinajstić information content (AvgIpc) is 2.72. The van der Waals surface area contributed by atoms with Gasteiger partial charge in [-0.05, 0) is 47.8 Å². The Morgan fingerprint density at radius 3 is 1.79 bits per heavy atom. The summed E-state index contributed by atoms with van der Waals surface area (Å²) in [4.78, 5) is 0. The molecule has 0 heterocycles. The molecule has 112 valence electrons. The highest BCUT2D eigenvalue weighted by Gasteiger charge is 2.64. The maximum Gasteiger partial charge on any atom is 0.0183 e. The molecule has 2 aliphatic rings. The minimum atomic E-state index is 0.479. The summed E-state index contributed by atoms with van der Waals surface area (Å²) in [5.74, 6) is 0.941. The summed E-state index contributed by atoms with van der Waals surface area (Å²) >= 11 is 0. The van der Waals surface area contributed by atoms with Crippen molar-refractivity contribution in [2.75, 3.05) is 0 Å². The average molecular weight is 265 g/mol. The second-order valence-corrected chi connectivity index (χ2v) is 8.93. The van der Waals surface area contributed by atoms with Crippen LogP contribution in [0.15, 0.2) is 0 Å². The molecule has 2 fully saturated rings. The first kappa shape index (κ1) is 15.4. The Labute approximate surface area is 120 Å². The van der Waals surface area contributed by atoms with E-state index < -0.39 is 0 Å². The lowest BCUT2D eigenvalue weighted by molar-refractivity contribution is 0.135. The highest BCUT2D eigenvalue weighted by atomic mass is 15.1. The van der Waals surface area contributed by atoms with Crippen molar-refractivity contribution in [3.63, 3.8) is 0 Å². The van der Waals surface area contributed by atoms with Gasteiger partial charge >= 0.3 is 0 Å². The van der Waals surface area contributed by atoms with Crippen molar-refractivity contribution in [3.05, 3.63) is 0 Å². The molecule has 2 rings (SSSR count). The van der Waals surface area contributed by atoms with Crippen molar-refractivity contribution in [1.82, 2.24) is 5.32 Å². The van der Waals surface area contributed by atoms with Crippen molar-refractivity contribution in [2.45, 2.75) is 92.7 Å². The smallest absolute Gasteiger partial charge is 0.0183 e. The molecule has 0 aromatic heterocycles. The minimum Gasteiger partial charge on any atom is -0.310 e. The molecule has 1 heteroatoms. The highest BCUT2D eigenvalue weighted by molar-refractivity contribution is 5.18. The van der Waals surface area contributed by atoms with Crippen LogP contribution in [0.25, 0.3) is 0 Å². The van der Waals surface area contributed by atoms with Gasteiger partial charge in [0.1, 0.15) is 0 Å². The largest absolute Gasteiger partial charge is 0.310 e. The van der Waals surface area contributed by atoms with E-state index in [4.69, 9.17) is 0 Å². The molecule has 1 N–H and O–H groups in total. The quantitative estimate of drug-likeness (QED) is 0.754. The normalized spacial score (nSPS) is 34.3. The molecule has 0 saturated heterocycles. The third-order valence-corrected chi connectivity index (χ3v) is 7.17. The number of nitrogens with one attached hydrogen (secondary N) is 1. The van der Waals surface area contributed by atoms with Gasteiger partial charge in [-0.2, -0.15) is 0 Å². The fourth-order valence-electron chi connectivity index (χ4n) is 4.18. The van der Waals surface area contributed by atoms with Crippen molar-refractivity contribution in [2.24, 2.45) is 22.2 Å². The Hall–Kier alpha value is -0.0400. The van der Waals surface area contributed by atoms with Crippen LogP contribution < -0.4 is 5.32 Å². The van der Waals surface area contributed by atoms with Gasteiger partial charge in [0, 0.05) is 12.1 Å². The Morgan fingerprint density at radius 2 is 1.42 bits per heavy atom. The van der Waals surface area contributed by atoms with E-state index in [2.05, 4.69) is 53.8 Å². The zero-order valence-corrected chi connectivity index (χ0v) is 14.3. The summed E-state index contributed by atoms with van der Waals surface area (Å²) in [5, 5.41) is 3.96. The van der Waals surface area contributed by atoms with E-state index >= 15 is 0 Å². The van der Waals surface area contributed by atoms with Gasteiger partial charge in [-0.15, -0.1) is 0 Å². The predicted molar refractivity (Wildman–Crippen MR) is 84.3 cm³/mol. The van der Waals surface area contributed by atoms with Crippen LogP contribution >= 0.6 is 0 Å². The molecule has 0 aromatic carbocycles. The van der Waals surface area contributed by atoms with Crippen LogP contribution in [0.2, 0.25) is 0 Å². The molecule has 2 saturated carbocycles. The standard InChI is InChI=1S/C18H35N/c1-8-16(2,3)13-9-11-14(12-10-13)19-15-17(4,5)18(15,6)7/h13-15,19H,8-12H2,1-7H3.